The molecule has 0 saturated carbocycles. The van der Waals surface area contributed by atoms with E-state index in [2.05, 4.69) is 0 Å². The van der Waals surface area contributed by atoms with Crippen molar-refractivity contribution in [1.29, 1.82) is 0 Å². The van der Waals surface area contributed by atoms with E-state index in [1.165, 1.54) is 0 Å². The molecule has 3 heteroatoms. The molecule has 1 atom stereocenters. The average molecular weight is 177 g/mol. The number of carbonyl (C=O) groups is 1. The molecule has 1 rings (SSSR count). The van der Waals surface area contributed by atoms with Gasteiger partial charge in [0.25, 0.3) is 0 Å². The summed E-state index contributed by atoms with van der Waals surface area (Å²) in [6, 6.07) is 0. The maximum Gasteiger partial charge on any atom is 0.309 e. The Morgan fingerprint density at radius 1 is 1.73 bits per heavy atom. The molecule has 0 aromatic heterocycles. The molecule has 2 nitrogen and oxygen atoms in total. The van der Waals surface area contributed by atoms with Gasteiger partial charge in [-0.1, -0.05) is 0 Å². The fourth-order valence-corrected chi connectivity index (χ4v) is 1.69. The van der Waals surface area contributed by atoms with Gasteiger partial charge in [0.15, 0.2) is 0 Å². The van der Waals surface area contributed by atoms with E-state index in [9.17, 15) is 4.79 Å². The van der Waals surface area contributed by atoms with Crippen molar-refractivity contribution >= 4 is 17.6 Å². The number of hydrogen-bond donors (Lipinski definition) is 0. The van der Waals surface area contributed by atoms with E-state index >= 15 is 0 Å². The monoisotopic (exact) mass is 176 g/mol. The van der Waals surface area contributed by atoms with Crippen LogP contribution in [0.5, 0.6) is 0 Å². The Hall–Kier alpha value is -0.240. The minimum absolute atomic E-state index is 0.0301. The number of hydrogen-bond acceptors (Lipinski definition) is 2. The molecule has 1 saturated heterocycles. The molecule has 0 aromatic rings. The van der Waals surface area contributed by atoms with Crippen molar-refractivity contribution in [2.75, 3.05) is 5.88 Å². The predicted octanol–water partition coefficient (Wildman–Crippen LogP) is 1.96. The van der Waals surface area contributed by atoms with Gasteiger partial charge in [-0.2, -0.15) is 0 Å². The van der Waals surface area contributed by atoms with Crippen LogP contribution in [0.2, 0.25) is 0 Å². The molecule has 64 valence electrons. The molecule has 1 heterocycles. The maximum atomic E-state index is 11.1. The quantitative estimate of drug-likeness (QED) is 0.475. The first-order chi connectivity index (χ1) is 5.05. The van der Waals surface area contributed by atoms with Crippen LogP contribution < -0.4 is 0 Å². The van der Waals surface area contributed by atoms with Gasteiger partial charge in [0.05, 0.1) is 5.92 Å². The zero-order chi connectivity index (χ0) is 8.48. The van der Waals surface area contributed by atoms with Crippen LogP contribution in [0, 0.1) is 5.92 Å². The molecule has 0 amide bonds. The normalized spacial score (nSPS) is 28.6. The number of alkyl halides is 1. The Kier molecular flexibility index (Phi) is 2.43. The van der Waals surface area contributed by atoms with Crippen LogP contribution in [0.25, 0.3) is 0 Å². The maximum absolute atomic E-state index is 11.1. The Bertz CT molecular complexity index is 165. The highest BCUT2D eigenvalue weighted by Crippen LogP contribution is 2.32. The van der Waals surface area contributed by atoms with E-state index in [1.807, 2.05) is 13.8 Å². The van der Waals surface area contributed by atoms with Gasteiger partial charge in [0.2, 0.25) is 0 Å². The van der Waals surface area contributed by atoms with Crippen LogP contribution in [0.15, 0.2) is 0 Å². The number of ether oxygens (including phenoxy) is 1. The van der Waals surface area contributed by atoms with Gasteiger partial charge < -0.3 is 4.74 Å². The van der Waals surface area contributed by atoms with Gasteiger partial charge in [-0.05, 0) is 26.7 Å². The van der Waals surface area contributed by atoms with Gasteiger partial charge in [-0.3, -0.25) is 4.79 Å². The lowest BCUT2D eigenvalue weighted by atomic mass is 9.96. The predicted molar refractivity (Wildman–Crippen MR) is 43.6 cm³/mol. The van der Waals surface area contributed by atoms with E-state index in [4.69, 9.17) is 16.3 Å². The van der Waals surface area contributed by atoms with Crippen molar-refractivity contribution in [3.63, 3.8) is 0 Å². The second-order valence-corrected chi connectivity index (χ2v) is 3.94. The van der Waals surface area contributed by atoms with Gasteiger partial charge in [0.1, 0.15) is 5.60 Å². The van der Waals surface area contributed by atoms with Gasteiger partial charge >= 0.3 is 5.97 Å². The molecule has 1 aliphatic rings. The van der Waals surface area contributed by atoms with Crippen molar-refractivity contribution in [1.82, 2.24) is 0 Å². The van der Waals surface area contributed by atoms with Crippen molar-refractivity contribution in [2.24, 2.45) is 5.92 Å². The lowest BCUT2D eigenvalue weighted by Crippen LogP contribution is -2.17. The molecule has 0 radical (unpaired) electrons. The summed E-state index contributed by atoms with van der Waals surface area (Å²) in [5.41, 5.74) is -0.270. The second kappa shape index (κ2) is 3.02. The standard InChI is InChI=1S/C8H13ClO2/c1-8(2)5-6(3-4-9)7(10)11-8/h6H,3-5H2,1-2H3. The topological polar surface area (TPSA) is 26.3 Å². The summed E-state index contributed by atoms with van der Waals surface area (Å²) in [4.78, 5) is 11.1. The SMILES string of the molecule is CC1(C)CC(CCCl)C(=O)O1. The van der Waals surface area contributed by atoms with Crippen molar-refractivity contribution in [3.05, 3.63) is 0 Å². The lowest BCUT2D eigenvalue weighted by molar-refractivity contribution is -0.148. The smallest absolute Gasteiger partial charge is 0.309 e. The van der Waals surface area contributed by atoms with Gasteiger partial charge in [0, 0.05) is 5.88 Å². The molecular weight excluding hydrogens is 164 g/mol. The van der Waals surface area contributed by atoms with E-state index in [0.717, 1.165) is 12.8 Å². The second-order valence-electron chi connectivity index (χ2n) is 3.56. The minimum Gasteiger partial charge on any atom is -0.459 e. The third-order valence-electron chi connectivity index (χ3n) is 1.91. The first-order valence-electron chi connectivity index (χ1n) is 3.84. The van der Waals surface area contributed by atoms with Crippen molar-refractivity contribution in [2.45, 2.75) is 32.3 Å². The van der Waals surface area contributed by atoms with Crippen molar-refractivity contribution < 1.29 is 9.53 Å². The van der Waals surface area contributed by atoms with E-state index in [1.54, 1.807) is 0 Å². The van der Waals surface area contributed by atoms with Gasteiger partial charge in [-0.15, -0.1) is 11.6 Å². The first-order valence-corrected chi connectivity index (χ1v) is 4.37. The fourth-order valence-electron chi connectivity index (χ4n) is 1.43. The summed E-state index contributed by atoms with van der Waals surface area (Å²) in [7, 11) is 0. The van der Waals surface area contributed by atoms with E-state index in [-0.39, 0.29) is 17.5 Å². The summed E-state index contributed by atoms with van der Waals surface area (Å²) in [5, 5.41) is 0. The third-order valence-corrected chi connectivity index (χ3v) is 2.12. The summed E-state index contributed by atoms with van der Waals surface area (Å²) < 4.78 is 5.12. The van der Waals surface area contributed by atoms with Crippen LogP contribution in [0.4, 0.5) is 0 Å². The van der Waals surface area contributed by atoms with Crippen LogP contribution in [0.1, 0.15) is 26.7 Å². The van der Waals surface area contributed by atoms with E-state index in [0.29, 0.717) is 5.88 Å². The molecule has 0 N–H and O–H groups in total. The van der Waals surface area contributed by atoms with Crippen LogP contribution in [-0.4, -0.2) is 17.5 Å². The number of halogens is 1. The highest BCUT2D eigenvalue weighted by Gasteiger charge is 2.39. The van der Waals surface area contributed by atoms with Crippen LogP contribution >= 0.6 is 11.6 Å². The zero-order valence-corrected chi connectivity index (χ0v) is 7.65. The van der Waals surface area contributed by atoms with Crippen LogP contribution in [-0.2, 0) is 9.53 Å². The summed E-state index contributed by atoms with van der Waals surface area (Å²) in [6.07, 6.45) is 1.54. The zero-order valence-electron chi connectivity index (χ0n) is 6.89. The molecule has 1 unspecified atom stereocenters. The summed E-state index contributed by atoms with van der Waals surface area (Å²) in [5.74, 6) is 0.480. The molecule has 0 aromatic carbocycles. The Balaban J connectivity index is 2.52. The van der Waals surface area contributed by atoms with E-state index < -0.39 is 0 Å². The minimum atomic E-state index is -0.270. The largest absolute Gasteiger partial charge is 0.459 e. The number of carbonyl (C=O) groups excluding carboxylic acids is 1. The molecular formula is C8H13ClO2. The Morgan fingerprint density at radius 2 is 2.36 bits per heavy atom. The first kappa shape index (κ1) is 8.85. The highest BCUT2D eigenvalue weighted by atomic mass is 35.5. The average Bonchev–Trinajstić information content (AvgIpc) is 2.07. The highest BCUT2D eigenvalue weighted by molar-refractivity contribution is 6.17. The molecule has 0 spiro atoms. The molecule has 0 bridgehead atoms. The number of esters is 1. The third kappa shape index (κ3) is 2.09. The fraction of sp³-hybridized carbons (Fsp3) is 0.875. The van der Waals surface area contributed by atoms with Gasteiger partial charge in [-0.25, -0.2) is 0 Å². The molecule has 0 aliphatic carbocycles. The molecule has 11 heavy (non-hydrogen) atoms. The molecule has 1 fully saturated rings. The number of cyclic esters (lactones) is 1. The van der Waals surface area contributed by atoms with Crippen LogP contribution in [0.3, 0.4) is 0 Å². The number of rotatable bonds is 2. The molecule has 1 aliphatic heterocycles. The Morgan fingerprint density at radius 3 is 2.73 bits per heavy atom. The Labute approximate surface area is 71.9 Å². The summed E-state index contributed by atoms with van der Waals surface area (Å²) in [6.45, 7) is 3.86. The van der Waals surface area contributed by atoms with Crippen molar-refractivity contribution in [3.8, 4) is 0 Å². The lowest BCUT2D eigenvalue weighted by Gasteiger charge is -2.14. The summed E-state index contributed by atoms with van der Waals surface area (Å²) >= 11 is 5.53.